The van der Waals surface area contributed by atoms with Crippen LogP contribution in [-0.4, -0.2) is 14.0 Å². The van der Waals surface area contributed by atoms with Gasteiger partial charge in [0.05, 0.1) is 11.0 Å². The fourth-order valence-electron chi connectivity index (χ4n) is 3.28. The average molecular weight is 340 g/mol. The van der Waals surface area contributed by atoms with E-state index in [4.69, 9.17) is 5.14 Å². The molecule has 0 aliphatic carbocycles. The molecule has 0 bridgehead atoms. The summed E-state index contributed by atoms with van der Waals surface area (Å²) in [5, 5.41) is 6.78. The van der Waals surface area contributed by atoms with Gasteiger partial charge >= 0.3 is 0 Å². The van der Waals surface area contributed by atoms with Crippen LogP contribution >= 0.6 is 0 Å². The van der Waals surface area contributed by atoms with Gasteiger partial charge < -0.3 is 4.57 Å². The molecule has 24 heavy (non-hydrogen) atoms. The van der Waals surface area contributed by atoms with Crippen LogP contribution in [0.15, 0.2) is 54.7 Å². The van der Waals surface area contributed by atoms with Crippen LogP contribution in [0.5, 0.6) is 0 Å². The molecular formula is C20H24N2OS. The van der Waals surface area contributed by atoms with E-state index in [1.165, 1.54) is 27.6 Å². The summed E-state index contributed by atoms with van der Waals surface area (Å²) in [6, 6.07) is 17.1. The van der Waals surface area contributed by atoms with Gasteiger partial charge in [0.25, 0.3) is 0 Å². The van der Waals surface area contributed by atoms with Crippen LogP contribution in [0.25, 0.3) is 22.0 Å². The molecule has 3 nitrogen and oxygen atoms in total. The molecule has 0 aliphatic rings. The predicted molar refractivity (Wildman–Crippen MR) is 103 cm³/mol. The van der Waals surface area contributed by atoms with Crippen molar-refractivity contribution in [3.63, 3.8) is 0 Å². The minimum Gasteiger partial charge on any atom is -0.350 e. The Morgan fingerprint density at radius 2 is 1.83 bits per heavy atom. The summed E-state index contributed by atoms with van der Waals surface area (Å²) in [4.78, 5) is 0. The minimum atomic E-state index is -1.26. The first kappa shape index (κ1) is 16.9. The Labute approximate surface area is 146 Å². The Morgan fingerprint density at radius 3 is 2.50 bits per heavy atom. The lowest BCUT2D eigenvalue weighted by molar-refractivity contribution is 0.636. The van der Waals surface area contributed by atoms with Gasteiger partial charge in [0.1, 0.15) is 0 Å². The van der Waals surface area contributed by atoms with Gasteiger partial charge in [-0.15, -0.1) is 0 Å². The summed E-state index contributed by atoms with van der Waals surface area (Å²) in [6.45, 7) is 4.12. The molecule has 0 radical (unpaired) electrons. The van der Waals surface area contributed by atoms with Crippen molar-refractivity contribution in [2.75, 3.05) is 0 Å². The smallest absolute Gasteiger partial charge is 0.0917 e. The van der Waals surface area contributed by atoms with Crippen molar-refractivity contribution in [2.24, 2.45) is 12.2 Å². The highest BCUT2D eigenvalue weighted by Gasteiger charge is 2.16. The summed E-state index contributed by atoms with van der Waals surface area (Å²) in [5.41, 5.74) is 4.97. The molecule has 0 spiro atoms. The number of hydrogen-bond donors (Lipinski definition) is 1. The number of nitrogens with zero attached hydrogens (tertiary/aromatic N) is 1. The fraction of sp³-hybridized carbons (Fsp3) is 0.300. The molecule has 2 aromatic carbocycles. The number of nitrogens with two attached hydrogens (primary N) is 1. The Kier molecular flexibility index (Phi) is 4.88. The van der Waals surface area contributed by atoms with Crippen LogP contribution in [0.4, 0.5) is 0 Å². The zero-order valence-corrected chi connectivity index (χ0v) is 15.2. The second kappa shape index (κ2) is 6.91. The molecule has 0 fully saturated rings. The highest BCUT2D eigenvalue weighted by atomic mass is 32.2. The van der Waals surface area contributed by atoms with E-state index < -0.39 is 11.0 Å². The van der Waals surface area contributed by atoms with Crippen LogP contribution in [0.3, 0.4) is 0 Å². The number of aryl methyl sites for hydroxylation is 1. The molecule has 1 heterocycles. The first-order valence-electron chi connectivity index (χ1n) is 8.26. The summed E-state index contributed by atoms with van der Waals surface area (Å²) in [7, 11) is 0.822. The molecule has 0 saturated heterocycles. The van der Waals surface area contributed by atoms with Gasteiger partial charge in [-0.25, -0.2) is 4.21 Å². The molecule has 0 saturated carbocycles. The van der Waals surface area contributed by atoms with Gasteiger partial charge in [-0.3, -0.25) is 5.14 Å². The molecule has 2 unspecified atom stereocenters. The number of hydrogen-bond acceptors (Lipinski definition) is 1. The maximum Gasteiger partial charge on any atom is 0.0917 e. The molecule has 0 aliphatic heterocycles. The minimum absolute atomic E-state index is 0.00369. The third-order valence-electron chi connectivity index (χ3n) is 4.75. The van der Waals surface area contributed by atoms with Gasteiger partial charge in [-0.1, -0.05) is 49.4 Å². The molecule has 3 rings (SSSR count). The van der Waals surface area contributed by atoms with Crippen LogP contribution < -0.4 is 5.14 Å². The van der Waals surface area contributed by atoms with Gasteiger partial charge in [0.2, 0.25) is 0 Å². The number of rotatable bonds is 5. The van der Waals surface area contributed by atoms with Gasteiger partial charge in [0, 0.05) is 35.0 Å². The molecule has 3 aromatic rings. The van der Waals surface area contributed by atoms with E-state index in [9.17, 15) is 4.21 Å². The monoisotopic (exact) mass is 340 g/mol. The van der Waals surface area contributed by atoms with Crippen molar-refractivity contribution in [1.29, 1.82) is 0 Å². The van der Waals surface area contributed by atoms with E-state index in [0.717, 1.165) is 6.42 Å². The zero-order chi connectivity index (χ0) is 17.3. The van der Waals surface area contributed by atoms with Gasteiger partial charge in [-0.2, -0.15) is 0 Å². The quantitative estimate of drug-likeness (QED) is 0.737. The first-order valence-corrected chi connectivity index (χ1v) is 9.54. The second-order valence-electron chi connectivity index (χ2n) is 6.57. The normalized spacial score (nSPS) is 15.3. The maximum atomic E-state index is 11.4. The number of fused-ring (bicyclic) bond motifs is 1. The van der Waals surface area contributed by atoms with Crippen molar-refractivity contribution in [3.05, 3.63) is 60.3 Å². The lowest BCUT2D eigenvalue weighted by Crippen LogP contribution is -2.20. The molecule has 126 valence electrons. The Bertz CT molecular complexity index is 870. The van der Waals surface area contributed by atoms with E-state index in [-0.39, 0.29) is 5.25 Å². The number of benzene rings is 2. The van der Waals surface area contributed by atoms with Crippen LogP contribution in [-0.2, 0) is 18.0 Å². The van der Waals surface area contributed by atoms with Crippen molar-refractivity contribution in [1.82, 2.24) is 4.57 Å². The topological polar surface area (TPSA) is 48.0 Å². The molecule has 4 heteroatoms. The fourth-order valence-corrected chi connectivity index (χ4v) is 3.76. The lowest BCUT2D eigenvalue weighted by Gasteiger charge is -2.16. The van der Waals surface area contributed by atoms with E-state index in [2.05, 4.69) is 67.2 Å². The summed E-state index contributed by atoms with van der Waals surface area (Å²) in [6.07, 6.45) is 3.01. The SMILES string of the molecule is CC(C[C@H](C)c1ccc2c(-c3ccccc3)cn(C)c2c1)S(N)=O. The van der Waals surface area contributed by atoms with Crippen LogP contribution in [0.1, 0.15) is 31.7 Å². The van der Waals surface area contributed by atoms with Crippen LogP contribution in [0, 0.1) is 0 Å². The number of aromatic nitrogens is 1. The van der Waals surface area contributed by atoms with Gasteiger partial charge in [-0.05, 0) is 36.5 Å². The van der Waals surface area contributed by atoms with E-state index in [1.807, 2.05) is 13.0 Å². The molecular weight excluding hydrogens is 316 g/mol. The second-order valence-corrected chi connectivity index (χ2v) is 8.03. The van der Waals surface area contributed by atoms with Crippen molar-refractivity contribution in [3.8, 4) is 11.1 Å². The van der Waals surface area contributed by atoms with Crippen molar-refractivity contribution >= 4 is 21.9 Å². The lowest BCUT2D eigenvalue weighted by atomic mass is 9.94. The molecule has 1 aromatic heterocycles. The highest BCUT2D eigenvalue weighted by Crippen LogP contribution is 2.33. The Hall–Kier alpha value is -1.91. The summed E-state index contributed by atoms with van der Waals surface area (Å²) >= 11 is 0. The third-order valence-corrected chi connectivity index (χ3v) is 5.74. The first-order chi connectivity index (χ1) is 11.5. The van der Waals surface area contributed by atoms with Crippen LogP contribution in [0.2, 0.25) is 0 Å². The Balaban J connectivity index is 1.98. The predicted octanol–water partition coefficient (Wildman–Crippen LogP) is 4.35. The maximum absolute atomic E-state index is 11.4. The van der Waals surface area contributed by atoms with Crippen molar-refractivity contribution < 1.29 is 4.21 Å². The standard InChI is InChI=1S/C20H24N2OS/c1-14(11-15(2)24(21)23)17-9-10-18-19(13-22(3)20(18)12-17)16-7-5-4-6-8-16/h4-10,12-15H,11,21H2,1-3H3/t14-,15?,24?/m0/s1. The van der Waals surface area contributed by atoms with Gasteiger partial charge in [0.15, 0.2) is 0 Å². The molecule has 3 atom stereocenters. The largest absolute Gasteiger partial charge is 0.350 e. The van der Waals surface area contributed by atoms with E-state index in [1.54, 1.807) is 0 Å². The molecule has 0 amide bonds. The van der Waals surface area contributed by atoms with E-state index >= 15 is 0 Å². The van der Waals surface area contributed by atoms with Crippen molar-refractivity contribution in [2.45, 2.75) is 31.4 Å². The highest BCUT2D eigenvalue weighted by molar-refractivity contribution is 7.83. The average Bonchev–Trinajstić information content (AvgIpc) is 2.92. The zero-order valence-electron chi connectivity index (χ0n) is 14.4. The van der Waals surface area contributed by atoms with E-state index in [0.29, 0.717) is 5.92 Å². The Morgan fingerprint density at radius 1 is 1.12 bits per heavy atom. The summed E-state index contributed by atoms with van der Waals surface area (Å²) in [5.74, 6) is 0.326. The molecule has 2 N–H and O–H groups in total. The third kappa shape index (κ3) is 3.30. The summed E-state index contributed by atoms with van der Waals surface area (Å²) < 4.78 is 13.6.